The lowest BCUT2D eigenvalue weighted by Gasteiger charge is -2.23. The molecule has 0 bridgehead atoms. The van der Waals surface area contributed by atoms with Gasteiger partial charge in [0.15, 0.2) is 0 Å². The molecule has 128 valence electrons. The summed E-state index contributed by atoms with van der Waals surface area (Å²) in [4.78, 5) is 11.8. The van der Waals surface area contributed by atoms with Crippen molar-refractivity contribution in [3.8, 4) is 5.75 Å². The van der Waals surface area contributed by atoms with Crippen LogP contribution in [0, 0.1) is 0 Å². The normalized spacial score (nSPS) is 16.6. The van der Waals surface area contributed by atoms with Crippen LogP contribution < -0.4 is 15.4 Å². The van der Waals surface area contributed by atoms with Crippen molar-refractivity contribution in [2.45, 2.75) is 64.1 Å². The lowest BCUT2D eigenvalue weighted by molar-refractivity contribution is 0.155. The number of urea groups is 1. The third-order valence-corrected chi connectivity index (χ3v) is 4.15. The summed E-state index contributed by atoms with van der Waals surface area (Å²) >= 11 is 0. The first-order chi connectivity index (χ1) is 11.2. The van der Waals surface area contributed by atoms with Gasteiger partial charge < -0.3 is 20.5 Å². The molecule has 3 N–H and O–H groups in total. The molecule has 5 nitrogen and oxygen atoms in total. The van der Waals surface area contributed by atoms with E-state index in [9.17, 15) is 4.79 Å². The highest BCUT2D eigenvalue weighted by molar-refractivity contribution is 5.74. The third-order valence-electron chi connectivity index (χ3n) is 4.15. The molecule has 0 aliphatic heterocycles. The zero-order valence-corrected chi connectivity index (χ0v) is 13.9. The van der Waals surface area contributed by atoms with Gasteiger partial charge >= 0.3 is 6.03 Å². The van der Waals surface area contributed by atoms with E-state index < -0.39 is 0 Å². The van der Waals surface area contributed by atoms with Crippen molar-refractivity contribution in [1.29, 1.82) is 0 Å². The fourth-order valence-corrected chi connectivity index (χ4v) is 2.83. The summed E-state index contributed by atoms with van der Waals surface area (Å²) in [6.07, 6.45) is 6.96. The lowest BCUT2D eigenvalue weighted by Crippen LogP contribution is -2.40. The summed E-state index contributed by atoms with van der Waals surface area (Å²) in [6.45, 7) is 2.40. The molecule has 1 aromatic carbocycles. The summed E-state index contributed by atoms with van der Waals surface area (Å²) in [5.41, 5.74) is 1.02. The number of aliphatic hydroxyl groups excluding tert-OH is 1. The first kappa shape index (κ1) is 17.6. The minimum atomic E-state index is -0.218. The van der Waals surface area contributed by atoms with Gasteiger partial charge in [-0.25, -0.2) is 4.79 Å². The van der Waals surface area contributed by atoms with E-state index in [-0.39, 0.29) is 18.7 Å². The third kappa shape index (κ3) is 6.48. The van der Waals surface area contributed by atoms with Crippen molar-refractivity contribution < 1.29 is 14.6 Å². The van der Waals surface area contributed by atoms with E-state index in [1.165, 1.54) is 19.3 Å². The van der Waals surface area contributed by atoms with Gasteiger partial charge in [0.25, 0.3) is 0 Å². The fourth-order valence-electron chi connectivity index (χ4n) is 2.83. The van der Waals surface area contributed by atoms with E-state index in [1.54, 1.807) is 0 Å². The van der Waals surface area contributed by atoms with Crippen LogP contribution in [0.1, 0.15) is 51.0 Å². The quantitative estimate of drug-likeness (QED) is 0.723. The van der Waals surface area contributed by atoms with Crippen molar-refractivity contribution in [2.24, 2.45) is 0 Å². The van der Waals surface area contributed by atoms with Crippen molar-refractivity contribution in [1.82, 2.24) is 10.6 Å². The number of amides is 2. The Hall–Kier alpha value is -1.75. The van der Waals surface area contributed by atoms with Crippen LogP contribution in [0.15, 0.2) is 24.3 Å². The topological polar surface area (TPSA) is 70.6 Å². The van der Waals surface area contributed by atoms with Crippen molar-refractivity contribution in [3.05, 3.63) is 29.8 Å². The van der Waals surface area contributed by atoms with Crippen LogP contribution in [0.25, 0.3) is 0 Å². The van der Waals surface area contributed by atoms with E-state index in [0.29, 0.717) is 19.1 Å². The summed E-state index contributed by atoms with van der Waals surface area (Å²) in [6, 6.07) is 7.64. The van der Waals surface area contributed by atoms with Crippen LogP contribution in [0.3, 0.4) is 0 Å². The van der Waals surface area contributed by atoms with Crippen LogP contribution in [0.4, 0.5) is 4.79 Å². The Balaban J connectivity index is 1.79. The molecule has 1 aromatic rings. The minimum Gasteiger partial charge on any atom is -0.490 e. The van der Waals surface area contributed by atoms with E-state index in [4.69, 9.17) is 9.84 Å². The molecular weight excluding hydrogens is 292 g/mol. The molecule has 0 unspecified atom stereocenters. The predicted octanol–water partition coefficient (Wildman–Crippen LogP) is 2.97. The Morgan fingerprint density at radius 1 is 1.35 bits per heavy atom. The molecule has 1 aliphatic rings. The summed E-state index contributed by atoms with van der Waals surface area (Å²) in [5.74, 6) is 0.880. The number of carbonyl (C=O) groups excluding carboxylic acids is 1. The number of aliphatic hydroxyl groups is 1. The summed E-state index contributed by atoms with van der Waals surface area (Å²) < 4.78 is 6.04. The lowest BCUT2D eigenvalue weighted by atomic mass is 9.98. The molecular formula is C18H28N2O3. The molecule has 23 heavy (non-hydrogen) atoms. The Labute approximate surface area is 138 Å². The van der Waals surface area contributed by atoms with E-state index in [0.717, 1.165) is 24.2 Å². The van der Waals surface area contributed by atoms with E-state index in [2.05, 4.69) is 10.6 Å². The molecule has 0 radical (unpaired) electrons. The first-order valence-corrected chi connectivity index (χ1v) is 8.58. The largest absolute Gasteiger partial charge is 0.490 e. The number of carbonyl (C=O) groups is 1. The maximum Gasteiger partial charge on any atom is 0.315 e. The molecule has 5 heteroatoms. The van der Waals surface area contributed by atoms with Gasteiger partial charge in [0.2, 0.25) is 0 Å². The van der Waals surface area contributed by atoms with Gasteiger partial charge in [-0.05, 0) is 56.7 Å². The Bertz CT molecular complexity index is 487. The van der Waals surface area contributed by atoms with Gasteiger partial charge in [-0.1, -0.05) is 18.6 Å². The number of benzene rings is 1. The molecule has 0 saturated heterocycles. The zero-order chi connectivity index (χ0) is 16.5. The van der Waals surface area contributed by atoms with Crippen molar-refractivity contribution >= 4 is 6.03 Å². The summed E-state index contributed by atoms with van der Waals surface area (Å²) in [7, 11) is 0. The van der Waals surface area contributed by atoms with Crippen LogP contribution in [0.5, 0.6) is 5.75 Å². The number of hydrogen-bond donors (Lipinski definition) is 3. The minimum absolute atomic E-state index is 0.0408. The maximum absolute atomic E-state index is 11.8. The van der Waals surface area contributed by atoms with Gasteiger partial charge in [0.1, 0.15) is 5.75 Å². The number of ether oxygens (including phenoxy) is 1. The highest BCUT2D eigenvalue weighted by atomic mass is 16.5. The van der Waals surface area contributed by atoms with Gasteiger partial charge in [-0.2, -0.15) is 0 Å². The fraction of sp³-hybridized carbons (Fsp3) is 0.611. The van der Waals surface area contributed by atoms with Crippen LogP contribution in [-0.4, -0.2) is 29.9 Å². The van der Waals surface area contributed by atoms with Crippen LogP contribution in [0.2, 0.25) is 0 Å². The van der Waals surface area contributed by atoms with Crippen molar-refractivity contribution in [2.75, 3.05) is 6.61 Å². The average Bonchev–Trinajstić information content (AvgIpc) is 2.54. The SMILES string of the molecule is C[C@H](CCO)NC(=O)NCc1cccc(OC2CCCCC2)c1. The van der Waals surface area contributed by atoms with Crippen molar-refractivity contribution in [3.63, 3.8) is 0 Å². The molecule has 2 rings (SSSR count). The van der Waals surface area contributed by atoms with Gasteiger partial charge in [-0.3, -0.25) is 0 Å². The average molecular weight is 320 g/mol. The molecule has 1 atom stereocenters. The molecule has 0 spiro atoms. The standard InChI is InChI=1S/C18H28N2O3/c1-14(10-11-21)20-18(22)19-13-15-6-5-9-17(12-15)23-16-7-3-2-4-8-16/h5-6,9,12,14,16,21H,2-4,7-8,10-11,13H2,1H3,(H2,19,20,22)/t14-/m1/s1. The number of nitrogens with one attached hydrogen (secondary N) is 2. The van der Waals surface area contributed by atoms with E-state index >= 15 is 0 Å². The highest BCUT2D eigenvalue weighted by Crippen LogP contribution is 2.23. The molecule has 0 aromatic heterocycles. The Morgan fingerprint density at radius 2 is 2.13 bits per heavy atom. The van der Waals surface area contributed by atoms with Crippen LogP contribution >= 0.6 is 0 Å². The van der Waals surface area contributed by atoms with Gasteiger partial charge in [0.05, 0.1) is 6.10 Å². The van der Waals surface area contributed by atoms with Crippen LogP contribution in [-0.2, 0) is 6.54 Å². The molecule has 1 saturated carbocycles. The molecule has 1 fully saturated rings. The smallest absolute Gasteiger partial charge is 0.315 e. The highest BCUT2D eigenvalue weighted by Gasteiger charge is 2.15. The number of hydrogen-bond acceptors (Lipinski definition) is 3. The predicted molar refractivity (Wildman–Crippen MR) is 90.5 cm³/mol. The van der Waals surface area contributed by atoms with Gasteiger partial charge in [0, 0.05) is 19.2 Å². The molecule has 1 aliphatic carbocycles. The maximum atomic E-state index is 11.8. The monoisotopic (exact) mass is 320 g/mol. The Morgan fingerprint density at radius 3 is 2.87 bits per heavy atom. The summed E-state index contributed by atoms with van der Waals surface area (Å²) in [5, 5.41) is 14.5. The second-order valence-electron chi connectivity index (χ2n) is 6.27. The van der Waals surface area contributed by atoms with Gasteiger partial charge in [-0.15, -0.1) is 0 Å². The first-order valence-electron chi connectivity index (χ1n) is 8.58. The molecule has 0 heterocycles. The number of rotatable bonds is 7. The molecule has 2 amide bonds. The Kier molecular flexibility index (Phi) is 7.20. The van der Waals surface area contributed by atoms with E-state index in [1.807, 2.05) is 31.2 Å². The second-order valence-corrected chi connectivity index (χ2v) is 6.27. The zero-order valence-electron chi connectivity index (χ0n) is 13.9. The second kappa shape index (κ2) is 9.40.